The standard InChI is InChI=1S/C45H60S3/c1-16-35(45(15,17-2)34-26-22-19-23-27-34)46-32(4)41(7,8)42(9,10)36-28-29-37(47-36)43(11,12)44(13,14)39-31(3)30-38(48-39)40(5,6)33-24-20-18-21-25-33/h16,18-30H,4,17H2,1-3,5-15H3/b35-16-. The predicted molar refractivity (Wildman–Crippen MR) is 219 cm³/mol. The first kappa shape index (κ1) is 38.5. The molecule has 0 fully saturated rings. The van der Waals surface area contributed by atoms with Crippen LogP contribution in [-0.2, 0) is 27.1 Å². The molecule has 0 aliphatic rings. The molecule has 2 heterocycles. The van der Waals surface area contributed by atoms with Gasteiger partial charge in [-0.1, -0.05) is 168 Å². The van der Waals surface area contributed by atoms with Gasteiger partial charge in [-0.15, -0.1) is 22.7 Å². The Hall–Kier alpha value is -2.33. The maximum absolute atomic E-state index is 4.76. The summed E-state index contributed by atoms with van der Waals surface area (Å²) in [4.78, 5) is 8.38. The van der Waals surface area contributed by atoms with Crippen molar-refractivity contribution in [1.82, 2.24) is 0 Å². The highest BCUT2D eigenvalue weighted by molar-refractivity contribution is 8.06. The number of rotatable bonds is 13. The number of benzene rings is 2. The molecule has 0 aliphatic carbocycles. The molecule has 258 valence electrons. The largest absolute Gasteiger partial charge is 0.144 e. The third-order valence-electron chi connectivity index (χ3n) is 12.4. The molecule has 48 heavy (non-hydrogen) atoms. The van der Waals surface area contributed by atoms with Gasteiger partial charge >= 0.3 is 0 Å². The molecule has 3 heteroatoms. The molecule has 0 bridgehead atoms. The van der Waals surface area contributed by atoms with Crippen LogP contribution >= 0.6 is 34.4 Å². The van der Waals surface area contributed by atoms with E-state index in [1.807, 2.05) is 34.4 Å². The number of thioether (sulfide) groups is 1. The summed E-state index contributed by atoms with van der Waals surface area (Å²) < 4.78 is 0. The fourth-order valence-corrected chi connectivity index (χ4v) is 11.2. The lowest BCUT2D eigenvalue weighted by Crippen LogP contribution is -2.39. The van der Waals surface area contributed by atoms with E-state index in [0.717, 1.165) is 6.42 Å². The molecule has 0 aliphatic heterocycles. The Bertz CT molecular complexity index is 1740. The predicted octanol–water partition coefficient (Wildman–Crippen LogP) is 14.5. The summed E-state index contributed by atoms with van der Waals surface area (Å²) in [6.07, 6.45) is 3.34. The van der Waals surface area contributed by atoms with Crippen LogP contribution in [0, 0.1) is 12.3 Å². The van der Waals surface area contributed by atoms with E-state index in [1.54, 1.807) is 0 Å². The van der Waals surface area contributed by atoms with Crippen LogP contribution in [-0.4, -0.2) is 0 Å². The van der Waals surface area contributed by atoms with Gasteiger partial charge in [0.2, 0.25) is 0 Å². The molecule has 2 aromatic heterocycles. The molecule has 0 nitrogen and oxygen atoms in total. The molecule has 0 saturated carbocycles. The number of hydrogen-bond donors (Lipinski definition) is 0. The molecular formula is C45H60S3. The van der Waals surface area contributed by atoms with Crippen LogP contribution in [0.5, 0.6) is 0 Å². The second-order valence-electron chi connectivity index (χ2n) is 16.5. The van der Waals surface area contributed by atoms with Crippen LogP contribution in [0.1, 0.15) is 133 Å². The van der Waals surface area contributed by atoms with Crippen molar-refractivity contribution in [2.75, 3.05) is 0 Å². The second-order valence-corrected chi connectivity index (χ2v) is 19.8. The molecule has 1 atom stereocenters. The normalized spacial score (nSPS) is 15.0. The second kappa shape index (κ2) is 13.8. The summed E-state index contributed by atoms with van der Waals surface area (Å²) in [6.45, 7) is 38.1. The monoisotopic (exact) mass is 696 g/mol. The van der Waals surface area contributed by atoms with Crippen LogP contribution in [0.3, 0.4) is 0 Å². The van der Waals surface area contributed by atoms with Gasteiger partial charge in [-0.3, -0.25) is 0 Å². The van der Waals surface area contributed by atoms with Gasteiger partial charge in [-0.05, 0) is 65.0 Å². The van der Waals surface area contributed by atoms with Gasteiger partial charge in [0.15, 0.2) is 0 Å². The van der Waals surface area contributed by atoms with Crippen molar-refractivity contribution in [2.24, 2.45) is 5.41 Å². The molecule has 0 spiro atoms. The lowest BCUT2D eigenvalue weighted by molar-refractivity contribution is 0.267. The highest BCUT2D eigenvalue weighted by atomic mass is 32.2. The van der Waals surface area contributed by atoms with Crippen molar-refractivity contribution in [2.45, 2.75) is 130 Å². The van der Waals surface area contributed by atoms with Crippen molar-refractivity contribution in [3.63, 3.8) is 0 Å². The zero-order valence-electron chi connectivity index (χ0n) is 32.2. The van der Waals surface area contributed by atoms with Gasteiger partial charge in [-0.25, -0.2) is 0 Å². The molecule has 0 saturated heterocycles. The lowest BCUT2D eigenvalue weighted by atomic mass is 9.65. The fourth-order valence-electron chi connectivity index (χ4n) is 6.74. The summed E-state index contributed by atoms with van der Waals surface area (Å²) >= 11 is 5.89. The topological polar surface area (TPSA) is 0 Å². The van der Waals surface area contributed by atoms with Gasteiger partial charge in [0.05, 0.1) is 0 Å². The van der Waals surface area contributed by atoms with E-state index in [9.17, 15) is 0 Å². The van der Waals surface area contributed by atoms with Crippen LogP contribution < -0.4 is 0 Å². The van der Waals surface area contributed by atoms with Crippen molar-refractivity contribution < 1.29 is 0 Å². The first-order valence-corrected chi connectivity index (χ1v) is 20.0. The first-order valence-electron chi connectivity index (χ1n) is 17.6. The summed E-state index contributed by atoms with van der Waals surface area (Å²) in [5.41, 5.74) is 3.65. The van der Waals surface area contributed by atoms with E-state index in [4.69, 9.17) is 6.58 Å². The maximum Gasteiger partial charge on any atom is 0.0240 e. The van der Waals surface area contributed by atoms with Crippen LogP contribution in [0.2, 0.25) is 0 Å². The van der Waals surface area contributed by atoms with Crippen molar-refractivity contribution in [1.29, 1.82) is 0 Å². The van der Waals surface area contributed by atoms with Gasteiger partial charge in [0.25, 0.3) is 0 Å². The summed E-state index contributed by atoms with van der Waals surface area (Å²) in [5, 5.41) is 0. The van der Waals surface area contributed by atoms with Crippen LogP contribution in [0.15, 0.2) is 101 Å². The minimum absolute atomic E-state index is 0.0379. The Morgan fingerprint density at radius 2 is 1.17 bits per heavy atom. The molecular weight excluding hydrogens is 637 g/mol. The first-order chi connectivity index (χ1) is 22.2. The SMILES string of the molecule is C=C(S/C(=C\C)C(C)(CC)c1ccccc1)C(C)(C)C(C)(C)c1ccc(C(C)(C)C(C)(C)c2sc(C(C)(C)c3ccccc3)cc2C)s1. The highest BCUT2D eigenvalue weighted by Gasteiger charge is 2.47. The average Bonchev–Trinajstić information content (AvgIpc) is 3.73. The number of aryl methyl sites for hydroxylation is 1. The Balaban J connectivity index is 1.63. The molecule has 0 radical (unpaired) electrons. The lowest BCUT2D eigenvalue weighted by Gasteiger charge is -2.44. The minimum Gasteiger partial charge on any atom is -0.144 e. The Kier molecular flexibility index (Phi) is 11.0. The van der Waals surface area contributed by atoms with Crippen molar-refractivity contribution >= 4 is 34.4 Å². The van der Waals surface area contributed by atoms with Crippen molar-refractivity contribution in [3.8, 4) is 0 Å². The van der Waals surface area contributed by atoms with E-state index in [2.05, 4.69) is 182 Å². The fraction of sp³-hybridized carbons (Fsp3) is 0.467. The van der Waals surface area contributed by atoms with E-state index >= 15 is 0 Å². The van der Waals surface area contributed by atoms with Crippen LogP contribution in [0.4, 0.5) is 0 Å². The molecule has 1 unspecified atom stereocenters. The summed E-state index contributed by atoms with van der Waals surface area (Å²) in [5.74, 6) is 0. The Morgan fingerprint density at radius 1 is 0.667 bits per heavy atom. The summed E-state index contributed by atoms with van der Waals surface area (Å²) in [6, 6.07) is 29.2. The van der Waals surface area contributed by atoms with E-state index in [1.165, 1.54) is 46.0 Å². The van der Waals surface area contributed by atoms with Gasteiger partial charge in [-0.2, -0.15) is 0 Å². The third-order valence-corrected chi connectivity index (χ3v) is 17.7. The number of hydrogen-bond acceptors (Lipinski definition) is 3. The van der Waals surface area contributed by atoms with Crippen LogP contribution in [0.25, 0.3) is 0 Å². The maximum atomic E-state index is 4.76. The zero-order valence-corrected chi connectivity index (χ0v) is 34.7. The molecule has 4 rings (SSSR count). The van der Waals surface area contributed by atoms with Gasteiger partial charge in [0.1, 0.15) is 0 Å². The smallest absolute Gasteiger partial charge is 0.0240 e. The molecule has 4 aromatic rings. The summed E-state index contributed by atoms with van der Waals surface area (Å²) in [7, 11) is 0. The number of thiophene rings is 2. The minimum atomic E-state index is -0.151. The van der Waals surface area contributed by atoms with E-state index in [-0.39, 0.29) is 32.5 Å². The molecule has 2 aromatic carbocycles. The van der Waals surface area contributed by atoms with E-state index < -0.39 is 0 Å². The Labute approximate surface area is 306 Å². The number of allylic oxidation sites excluding steroid dienone is 3. The third kappa shape index (κ3) is 6.61. The van der Waals surface area contributed by atoms with E-state index in [0.29, 0.717) is 0 Å². The zero-order chi connectivity index (χ0) is 35.9. The molecule has 0 N–H and O–H groups in total. The van der Waals surface area contributed by atoms with Gasteiger partial charge in [0, 0.05) is 52.0 Å². The quantitative estimate of drug-likeness (QED) is 0.134. The highest BCUT2D eigenvalue weighted by Crippen LogP contribution is 2.57. The molecule has 0 amide bonds. The van der Waals surface area contributed by atoms with Gasteiger partial charge < -0.3 is 0 Å². The Morgan fingerprint density at radius 3 is 1.67 bits per heavy atom. The van der Waals surface area contributed by atoms with Crippen molar-refractivity contribution in [3.05, 3.63) is 138 Å². The average molecular weight is 697 g/mol.